The number of amides is 2. The first-order valence-corrected chi connectivity index (χ1v) is 7.26. The monoisotopic (exact) mass is 276 g/mol. The van der Waals surface area contributed by atoms with E-state index >= 15 is 0 Å². The Hall–Kier alpha value is -1.78. The Labute approximate surface area is 120 Å². The zero-order chi connectivity index (χ0) is 14.6. The topological polar surface area (TPSA) is 57.3 Å². The SMILES string of the molecule is CCNC(=O)Nc1cc(N2CCCC(C)(C)C2)ccn1. The number of carbonyl (C=O) groups is 1. The summed E-state index contributed by atoms with van der Waals surface area (Å²) in [6.45, 7) is 9.19. The van der Waals surface area contributed by atoms with Gasteiger partial charge in [0.25, 0.3) is 0 Å². The van der Waals surface area contributed by atoms with Crippen LogP contribution in [0.3, 0.4) is 0 Å². The molecule has 2 N–H and O–H groups in total. The smallest absolute Gasteiger partial charge is 0.320 e. The highest BCUT2D eigenvalue weighted by atomic mass is 16.2. The summed E-state index contributed by atoms with van der Waals surface area (Å²) >= 11 is 0. The third kappa shape index (κ3) is 3.85. The predicted molar refractivity (Wildman–Crippen MR) is 82.2 cm³/mol. The average Bonchev–Trinajstić information content (AvgIpc) is 2.38. The van der Waals surface area contributed by atoms with Crippen molar-refractivity contribution in [2.24, 2.45) is 5.41 Å². The van der Waals surface area contributed by atoms with Crippen molar-refractivity contribution in [3.63, 3.8) is 0 Å². The molecule has 0 aliphatic carbocycles. The van der Waals surface area contributed by atoms with Crippen molar-refractivity contribution in [2.75, 3.05) is 29.9 Å². The van der Waals surface area contributed by atoms with Crippen LogP contribution < -0.4 is 15.5 Å². The molecule has 110 valence electrons. The minimum absolute atomic E-state index is 0.212. The number of urea groups is 1. The van der Waals surface area contributed by atoms with Crippen LogP contribution in [0, 0.1) is 5.41 Å². The number of rotatable bonds is 3. The number of pyridine rings is 1. The van der Waals surface area contributed by atoms with E-state index in [9.17, 15) is 4.79 Å². The first-order chi connectivity index (χ1) is 9.50. The number of aromatic nitrogens is 1. The summed E-state index contributed by atoms with van der Waals surface area (Å²) in [5, 5.41) is 5.46. The molecule has 1 aliphatic rings. The quantitative estimate of drug-likeness (QED) is 0.892. The summed E-state index contributed by atoms with van der Waals surface area (Å²) in [6, 6.07) is 3.73. The van der Waals surface area contributed by atoms with Crippen LogP contribution >= 0.6 is 0 Å². The number of hydrogen-bond donors (Lipinski definition) is 2. The van der Waals surface area contributed by atoms with E-state index in [1.54, 1.807) is 6.20 Å². The van der Waals surface area contributed by atoms with E-state index in [0.717, 1.165) is 18.8 Å². The second-order valence-corrected chi connectivity index (χ2v) is 6.07. The third-order valence-corrected chi connectivity index (χ3v) is 3.59. The first-order valence-electron chi connectivity index (χ1n) is 7.26. The molecule has 1 saturated heterocycles. The molecule has 0 radical (unpaired) electrons. The van der Waals surface area contributed by atoms with Crippen molar-refractivity contribution in [2.45, 2.75) is 33.6 Å². The molecule has 1 aromatic rings. The highest BCUT2D eigenvalue weighted by Gasteiger charge is 2.26. The molecule has 0 atom stereocenters. The lowest BCUT2D eigenvalue weighted by molar-refractivity contribution is 0.252. The Bertz CT molecular complexity index is 473. The van der Waals surface area contributed by atoms with Gasteiger partial charge in [0, 0.05) is 37.6 Å². The lowest BCUT2D eigenvalue weighted by atomic mass is 9.84. The summed E-state index contributed by atoms with van der Waals surface area (Å²) < 4.78 is 0. The summed E-state index contributed by atoms with van der Waals surface area (Å²) in [6.07, 6.45) is 4.21. The van der Waals surface area contributed by atoms with Crippen LogP contribution in [0.15, 0.2) is 18.3 Å². The standard InChI is InChI=1S/C15H24N4O/c1-4-16-14(20)18-13-10-12(6-8-17-13)19-9-5-7-15(2,3)11-19/h6,8,10H,4-5,7,9,11H2,1-3H3,(H2,16,17,18,20). The van der Waals surface area contributed by atoms with Gasteiger partial charge in [-0.3, -0.25) is 5.32 Å². The maximum Gasteiger partial charge on any atom is 0.320 e. The molecule has 0 saturated carbocycles. The van der Waals surface area contributed by atoms with Crippen LogP contribution in [0.5, 0.6) is 0 Å². The van der Waals surface area contributed by atoms with Gasteiger partial charge in [-0.05, 0) is 31.2 Å². The second-order valence-electron chi connectivity index (χ2n) is 6.07. The van der Waals surface area contributed by atoms with Gasteiger partial charge in [-0.1, -0.05) is 13.8 Å². The maximum atomic E-state index is 11.5. The summed E-state index contributed by atoms with van der Waals surface area (Å²) in [7, 11) is 0. The van der Waals surface area contributed by atoms with Crippen molar-refractivity contribution in [3.05, 3.63) is 18.3 Å². The number of anilines is 2. The first kappa shape index (κ1) is 14.6. The Morgan fingerprint density at radius 2 is 2.30 bits per heavy atom. The lowest BCUT2D eigenvalue weighted by Crippen LogP contribution is -2.40. The Balaban J connectivity index is 2.07. The van der Waals surface area contributed by atoms with E-state index in [1.165, 1.54) is 12.8 Å². The lowest BCUT2D eigenvalue weighted by Gasteiger charge is -2.39. The van der Waals surface area contributed by atoms with E-state index in [2.05, 4.69) is 34.4 Å². The van der Waals surface area contributed by atoms with Crippen LogP contribution in [0.25, 0.3) is 0 Å². The Morgan fingerprint density at radius 3 is 3.00 bits per heavy atom. The molecule has 2 rings (SSSR count). The molecule has 0 bridgehead atoms. The van der Waals surface area contributed by atoms with Crippen molar-refractivity contribution in [1.82, 2.24) is 10.3 Å². The number of piperidine rings is 1. The Kier molecular flexibility index (Phi) is 4.47. The average molecular weight is 276 g/mol. The van der Waals surface area contributed by atoms with Crippen molar-refractivity contribution in [3.8, 4) is 0 Å². The normalized spacial score (nSPS) is 17.6. The zero-order valence-corrected chi connectivity index (χ0v) is 12.6. The van der Waals surface area contributed by atoms with Gasteiger partial charge in [-0.15, -0.1) is 0 Å². The molecule has 2 heterocycles. The fraction of sp³-hybridized carbons (Fsp3) is 0.600. The molecule has 1 aliphatic heterocycles. The predicted octanol–water partition coefficient (Wildman–Crippen LogP) is 2.85. The van der Waals surface area contributed by atoms with Gasteiger partial charge in [0.15, 0.2) is 0 Å². The summed E-state index contributed by atoms with van der Waals surface area (Å²) in [4.78, 5) is 18.1. The number of hydrogen-bond acceptors (Lipinski definition) is 3. The number of nitrogens with zero attached hydrogens (tertiary/aromatic N) is 2. The van der Waals surface area contributed by atoms with Crippen LogP contribution in [0.4, 0.5) is 16.3 Å². The summed E-state index contributed by atoms with van der Waals surface area (Å²) in [5.74, 6) is 0.594. The molecule has 0 aromatic carbocycles. The molecule has 1 fully saturated rings. The van der Waals surface area contributed by atoms with E-state index in [4.69, 9.17) is 0 Å². The Morgan fingerprint density at radius 1 is 1.50 bits per heavy atom. The van der Waals surface area contributed by atoms with Crippen molar-refractivity contribution < 1.29 is 4.79 Å². The zero-order valence-electron chi connectivity index (χ0n) is 12.6. The second kappa shape index (κ2) is 6.11. The van der Waals surface area contributed by atoms with E-state index in [0.29, 0.717) is 17.8 Å². The van der Waals surface area contributed by atoms with Crippen LogP contribution in [0.2, 0.25) is 0 Å². The van der Waals surface area contributed by atoms with Gasteiger partial charge in [0.1, 0.15) is 5.82 Å². The van der Waals surface area contributed by atoms with E-state index in [-0.39, 0.29) is 6.03 Å². The van der Waals surface area contributed by atoms with Crippen LogP contribution in [0.1, 0.15) is 33.6 Å². The van der Waals surface area contributed by atoms with Gasteiger partial charge in [0.05, 0.1) is 0 Å². The van der Waals surface area contributed by atoms with E-state index in [1.807, 2.05) is 19.1 Å². The highest BCUT2D eigenvalue weighted by Crippen LogP contribution is 2.31. The third-order valence-electron chi connectivity index (χ3n) is 3.59. The molecular weight excluding hydrogens is 252 g/mol. The molecule has 5 nitrogen and oxygen atoms in total. The molecule has 5 heteroatoms. The minimum atomic E-state index is -0.212. The molecule has 0 unspecified atom stereocenters. The molecule has 0 spiro atoms. The largest absolute Gasteiger partial charge is 0.371 e. The van der Waals surface area contributed by atoms with Crippen LogP contribution in [-0.2, 0) is 0 Å². The van der Waals surface area contributed by atoms with Gasteiger partial charge >= 0.3 is 6.03 Å². The molecule has 1 aromatic heterocycles. The van der Waals surface area contributed by atoms with Gasteiger partial charge in [0.2, 0.25) is 0 Å². The van der Waals surface area contributed by atoms with E-state index < -0.39 is 0 Å². The minimum Gasteiger partial charge on any atom is -0.371 e. The van der Waals surface area contributed by atoms with Gasteiger partial charge < -0.3 is 10.2 Å². The van der Waals surface area contributed by atoms with Crippen molar-refractivity contribution in [1.29, 1.82) is 0 Å². The fourth-order valence-corrected chi connectivity index (χ4v) is 2.65. The molecule has 2 amide bonds. The van der Waals surface area contributed by atoms with Gasteiger partial charge in [-0.2, -0.15) is 0 Å². The fourth-order valence-electron chi connectivity index (χ4n) is 2.65. The van der Waals surface area contributed by atoms with Crippen LogP contribution in [-0.4, -0.2) is 30.6 Å². The van der Waals surface area contributed by atoms with Gasteiger partial charge in [-0.25, -0.2) is 9.78 Å². The molecule has 20 heavy (non-hydrogen) atoms. The number of nitrogens with one attached hydrogen (secondary N) is 2. The number of carbonyl (C=O) groups excluding carboxylic acids is 1. The summed E-state index contributed by atoms with van der Waals surface area (Å²) in [5.41, 5.74) is 1.47. The molecular formula is C15H24N4O. The van der Waals surface area contributed by atoms with Crippen molar-refractivity contribution >= 4 is 17.5 Å². The maximum absolute atomic E-state index is 11.5. The highest BCUT2D eigenvalue weighted by molar-refractivity contribution is 5.88.